The summed E-state index contributed by atoms with van der Waals surface area (Å²) in [6.45, 7) is 9.92. The fraction of sp³-hybridized carbons (Fsp3) is 0.312. The summed E-state index contributed by atoms with van der Waals surface area (Å²) in [7, 11) is 0. The monoisotopic (exact) mass is 567 g/mol. The van der Waals surface area contributed by atoms with E-state index in [2.05, 4.69) is 74.5 Å². The summed E-state index contributed by atoms with van der Waals surface area (Å²) in [5, 5.41) is 14.7. The Morgan fingerprint density at radius 1 is 0.927 bits per heavy atom. The van der Waals surface area contributed by atoms with Gasteiger partial charge in [-0.25, -0.2) is 4.68 Å². The molecular formula is C32H34ClN7O. The number of halogens is 1. The highest BCUT2D eigenvalue weighted by Crippen LogP contribution is 2.31. The number of piperazine rings is 1. The van der Waals surface area contributed by atoms with E-state index in [0.29, 0.717) is 17.9 Å². The van der Waals surface area contributed by atoms with Gasteiger partial charge in [-0.3, -0.25) is 9.69 Å². The van der Waals surface area contributed by atoms with Crippen LogP contribution in [0.5, 0.6) is 0 Å². The minimum absolute atomic E-state index is 0.111. The maximum absolute atomic E-state index is 13.7. The van der Waals surface area contributed by atoms with Gasteiger partial charge in [0, 0.05) is 49.0 Å². The number of nitrogens with one attached hydrogen (secondary N) is 1. The molecule has 5 aromatic rings. The van der Waals surface area contributed by atoms with E-state index in [4.69, 9.17) is 11.6 Å². The molecule has 1 saturated heterocycles. The van der Waals surface area contributed by atoms with Crippen LogP contribution in [-0.2, 0) is 13.0 Å². The zero-order valence-electron chi connectivity index (χ0n) is 23.6. The number of aryl methyl sites for hydroxylation is 5. The summed E-state index contributed by atoms with van der Waals surface area (Å²) < 4.78 is 1.86. The van der Waals surface area contributed by atoms with Crippen molar-refractivity contribution in [3.05, 3.63) is 116 Å². The second-order valence-corrected chi connectivity index (χ2v) is 11.4. The van der Waals surface area contributed by atoms with Gasteiger partial charge in [0.25, 0.3) is 5.56 Å². The average Bonchev–Trinajstić information content (AvgIpc) is 3.43. The van der Waals surface area contributed by atoms with Crippen molar-refractivity contribution in [3.63, 3.8) is 0 Å². The quantitative estimate of drug-likeness (QED) is 0.289. The van der Waals surface area contributed by atoms with Crippen molar-refractivity contribution in [1.82, 2.24) is 30.1 Å². The molecule has 3 heterocycles. The summed E-state index contributed by atoms with van der Waals surface area (Å²) in [5.41, 5.74) is 7.18. The van der Waals surface area contributed by atoms with Crippen molar-refractivity contribution in [3.8, 4) is 0 Å². The number of nitrogens with zero attached hydrogens (tertiary/aromatic N) is 6. The van der Waals surface area contributed by atoms with Gasteiger partial charge >= 0.3 is 0 Å². The number of hydrogen-bond donors (Lipinski definition) is 1. The summed E-state index contributed by atoms with van der Waals surface area (Å²) in [4.78, 5) is 21.6. The Morgan fingerprint density at radius 3 is 2.49 bits per heavy atom. The molecule has 0 radical (unpaired) electrons. The number of pyridine rings is 1. The average molecular weight is 568 g/mol. The Kier molecular flexibility index (Phi) is 7.60. The molecule has 0 unspecified atom stereocenters. The predicted octanol–water partition coefficient (Wildman–Crippen LogP) is 5.25. The molecule has 0 saturated carbocycles. The number of rotatable bonds is 7. The van der Waals surface area contributed by atoms with E-state index in [9.17, 15) is 4.79 Å². The summed E-state index contributed by atoms with van der Waals surface area (Å²) >= 11 is 6.34. The summed E-state index contributed by atoms with van der Waals surface area (Å²) in [6, 6.07) is 22.2. The minimum Gasteiger partial charge on any atom is -0.369 e. The van der Waals surface area contributed by atoms with Crippen molar-refractivity contribution in [2.75, 3.05) is 31.1 Å². The van der Waals surface area contributed by atoms with Crippen LogP contribution in [0.2, 0.25) is 5.02 Å². The predicted molar refractivity (Wildman–Crippen MR) is 164 cm³/mol. The standard InChI is InChI=1S/C32H34ClN7O/c1-21-17-23(3)29-25(18-21)19-27(32(41)34-29)30(31-35-36-37-40(31)12-11-24-7-5-4-6-8-24)39-15-13-38(14-16-39)28-20-26(33)10-9-22(28)2/h4-10,17-20,30H,11-16H2,1-3H3,(H,34,41)/t30-/m1/s1. The normalized spacial score (nSPS) is 15.0. The van der Waals surface area contributed by atoms with Crippen LogP contribution in [0, 0.1) is 20.8 Å². The zero-order chi connectivity index (χ0) is 28.5. The smallest absolute Gasteiger partial charge is 0.253 e. The first kappa shape index (κ1) is 27.2. The third-order valence-corrected chi connectivity index (χ3v) is 8.30. The number of anilines is 1. The topological polar surface area (TPSA) is 82.9 Å². The number of benzene rings is 3. The van der Waals surface area contributed by atoms with Crippen LogP contribution in [0.15, 0.2) is 71.5 Å². The molecule has 9 heteroatoms. The van der Waals surface area contributed by atoms with Gasteiger partial charge in [-0.1, -0.05) is 59.6 Å². The Morgan fingerprint density at radius 2 is 1.71 bits per heavy atom. The van der Waals surface area contributed by atoms with Gasteiger partial charge in [0.05, 0.1) is 5.52 Å². The molecule has 1 fully saturated rings. The van der Waals surface area contributed by atoms with Gasteiger partial charge in [0.15, 0.2) is 5.82 Å². The van der Waals surface area contributed by atoms with Crippen molar-refractivity contribution >= 4 is 28.2 Å². The Bertz CT molecular complexity index is 1740. The third-order valence-electron chi connectivity index (χ3n) is 8.07. The lowest BCUT2D eigenvalue weighted by Gasteiger charge is -2.40. The van der Waals surface area contributed by atoms with Gasteiger partial charge < -0.3 is 9.88 Å². The lowest BCUT2D eigenvalue weighted by molar-refractivity contribution is 0.199. The Hall–Kier alpha value is -4.01. The first-order chi connectivity index (χ1) is 19.9. The maximum atomic E-state index is 13.7. The zero-order valence-corrected chi connectivity index (χ0v) is 24.4. The van der Waals surface area contributed by atoms with Crippen LogP contribution in [0.1, 0.15) is 39.7 Å². The molecule has 1 aliphatic rings. The fourth-order valence-corrected chi connectivity index (χ4v) is 6.16. The molecule has 6 rings (SSSR count). The minimum atomic E-state index is -0.391. The summed E-state index contributed by atoms with van der Waals surface area (Å²) in [5.74, 6) is 0.683. The van der Waals surface area contributed by atoms with Crippen molar-refractivity contribution < 1.29 is 0 Å². The molecule has 1 atom stereocenters. The first-order valence-corrected chi connectivity index (χ1v) is 14.4. The van der Waals surface area contributed by atoms with Gasteiger partial charge in [0.1, 0.15) is 6.04 Å². The molecule has 0 aliphatic carbocycles. The number of fused-ring (bicyclic) bond motifs is 1. The van der Waals surface area contributed by atoms with Crippen molar-refractivity contribution in [1.29, 1.82) is 0 Å². The molecule has 210 valence electrons. The fourth-order valence-electron chi connectivity index (χ4n) is 6.00. The molecule has 0 amide bonds. The number of aromatic nitrogens is 5. The number of H-pyrrole nitrogens is 1. The van der Waals surface area contributed by atoms with E-state index in [1.165, 1.54) is 11.1 Å². The van der Waals surface area contributed by atoms with E-state index < -0.39 is 6.04 Å². The molecule has 1 N–H and O–H groups in total. The number of aromatic amines is 1. The van der Waals surface area contributed by atoms with E-state index in [0.717, 1.165) is 65.3 Å². The summed E-state index contributed by atoms with van der Waals surface area (Å²) in [6.07, 6.45) is 0.792. The van der Waals surface area contributed by atoms with E-state index in [1.54, 1.807) is 0 Å². The van der Waals surface area contributed by atoms with Crippen LogP contribution >= 0.6 is 11.6 Å². The SMILES string of the molecule is Cc1cc(C)c2[nH]c(=O)c([C@H](c3nnnn3CCc3ccccc3)N3CCN(c4cc(Cl)ccc4C)CC3)cc2c1. The van der Waals surface area contributed by atoms with Gasteiger partial charge in [-0.2, -0.15) is 0 Å². The van der Waals surface area contributed by atoms with E-state index in [1.807, 2.05) is 48.0 Å². The lowest BCUT2D eigenvalue weighted by Crippen LogP contribution is -2.49. The van der Waals surface area contributed by atoms with Crippen LogP contribution in [-0.4, -0.2) is 56.3 Å². The van der Waals surface area contributed by atoms with Crippen LogP contribution in [0.25, 0.3) is 10.9 Å². The first-order valence-electron chi connectivity index (χ1n) is 14.1. The van der Waals surface area contributed by atoms with Crippen LogP contribution in [0.4, 0.5) is 5.69 Å². The Labute approximate surface area is 244 Å². The largest absolute Gasteiger partial charge is 0.369 e. The van der Waals surface area contributed by atoms with Gasteiger partial charge in [0.2, 0.25) is 0 Å². The number of tetrazole rings is 1. The molecular weight excluding hydrogens is 534 g/mol. The highest BCUT2D eigenvalue weighted by atomic mass is 35.5. The molecule has 8 nitrogen and oxygen atoms in total. The third kappa shape index (κ3) is 5.62. The van der Waals surface area contributed by atoms with Gasteiger partial charge in [-0.05, 0) is 84.0 Å². The maximum Gasteiger partial charge on any atom is 0.253 e. The molecule has 0 bridgehead atoms. The molecule has 3 aromatic carbocycles. The molecule has 0 spiro atoms. The van der Waals surface area contributed by atoms with Crippen molar-refractivity contribution in [2.24, 2.45) is 0 Å². The van der Waals surface area contributed by atoms with Crippen molar-refractivity contribution in [2.45, 2.75) is 39.8 Å². The molecule has 41 heavy (non-hydrogen) atoms. The van der Waals surface area contributed by atoms with Crippen LogP contribution in [0.3, 0.4) is 0 Å². The van der Waals surface area contributed by atoms with Gasteiger partial charge in [-0.15, -0.1) is 5.10 Å². The highest BCUT2D eigenvalue weighted by molar-refractivity contribution is 6.30. The molecule has 1 aliphatic heterocycles. The number of hydrogen-bond acceptors (Lipinski definition) is 6. The van der Waals surface area contributed by atoms with E-state index >= 15 is 0 Å². The molecule has 2 aromatic heterocycles. The lowest BCUT2D eigenvalue weighted by atomic mass is 10.00. The highest BCUT2D eigenvalue weighted by Gasteiger charge is 2.33. The second-order valence-electron chi connectivity index (χ2n) is 11.0. The Balaban J connectivity index is 1.37. The van der Waals surface area contributed by atoms with E-state index in [-0.39, 0.29) is 5.56 Å². The van der Waals surface area contributed by atoms with Crippen LogP contribution < -0.4 is 10.5 Å². The second kappa shape index (κ2) is 11.5.